The van der Waals surface area contributed by atoms with Gasteiger partial charge in [0.2, 0.25) is 0 Å². The van der Waals surface area contributed by atoms with Crippen LogP contribution in [-0.2, 0) is 61.6 Å². The molecule has 0 aromatic heterocycles. The van der Waals surface area contributed by atoms with E-state index in [1.165, 1.54) is 6.92 Å². The largest absolute Gasteiger partial charge is 0.394 e. The number of carbonyl (C=O) groups excluding carboxylic acids is 1. The second-order valence-electron chi connectivity index (χ2n) is 26.1. The predicted octanol–water partition coefficient (Wildman–Crippen LogP) is -3.60. The van der Waals surface area contributed by atoms with E-state index in [0.717, 1.165) is 32.1 Å². The summed E-state index contributed by atoms with van der Waals surface area (Å²) in [5, 5.41) is 142. The maximum atomic E-state index is 14.9. The van der Waals surface area contributed by atoms with Gasteiger partial charge in [-0.25, -0.2) is 0 Å². The number of hydrogen-bond acceptors (Lipinski definition) is 26. The fraction of sp³-hybridized carbons (Fsp3) is 0.982. The maximum absolute atomic E-state index is 14.9. The van der Waals surface area contributed by atoms with Gasteiger partial charge in [0.1, 0.15) is 110 Å². The van der Waals surface area contributed by atoms with Crippen molar-refractivity contribution in [2.75, 3.05) is 33.0 Å². The van der Waals surface area contributed by atoms with E-state index in [0.29, 0.717) is 49.9 Å². The molecule has 7 heterocycles. The second kappa shape index (κ2) is 23.6. The van der Waals surface area contributed by atoms with Gasteiger partial charge in [0.05, 0.1) is 51.3 Å². The van der Waals surface area contributed by atoms with Crippen LogP contribution < -0.4 is 0 Å². The van der Waals surface area contributed by atoms with Gasteiger partial charge in [-0.2, -0.15) is 0 Å². The third kappa shape index (κ3) is 10.6. The highest BCUT2D eigenvalue weighted by Gasteiger charge is 2.72. The van der Waals surface area contributed by atoms with E-state index in [4.69, 9.17) is 56.8 Å². The molecule has 4 aliphatic carbocycles. The standard InChI is InChI=1S/C55H88O26/c1-20-8-11-55(72-17-20)21(2)34-30(81-55)13-27-25-7-6-23-12-24(9-10-53(23,4)26(25)14-33(60)54(27,34)5)74-51-46(79-50-42(68)39(65)35(61)22(3)73-50)43(69)44(32(16-57)76-51)77-52-47(80-49-41(67)37(63)29(59)19-71-49)45(38(64)31(15-56)75-52)78-48-40(66)36(62)28(58)18-70-48/h20-32,34-52,56-59,61-69H,6-19H2,1-5H3. The van der Waals surface area contributed by atoms with E-state index >= 15 is 0 Å². The van der Waals surface area contributed by atoms with Crippen LogP contribution in [0.25, 0.3) is 0 Å². The molecule has 4 saturated carbocycles. The quantitative estimate of drug-likeness (QED) is 0.0840. The van der Waals surface area contributed by atoms with Crippen molar-refractivity contribution in [3.63, 3.8) is 0 Å². The Morgan fingerprint density at radius 3 is 1.79 bits per heavy atom. The Morgan fingerprint density at radius 1 is 0.543 bits per heavy atom. The van der Waals surface area contributed by atoms with Crippen molar-refractivity contribution in [3.05, 3.63) is 0 Å². The summed E-state index contributed by atoms with van der Waals surface area (Å²) < 4.78 is 74.5. The highest BCUT2D eigenvalue weighted by molar-refractivity contribution is 5.87. The van der Waals surface area contributed by atoms with Gasteiger partial charge in [-0.1, -0.05) is 27.7 Å². The van der Waals surface area contributed by atoms with Gasteiger partial charge in [-0.15, -0.1) is 0 Å². The van der Waals surface area contributed by atoms with Gasteiger partial charge in [0, 0.05) is 30.1 Å². The van der Waals surface area contributed by atoms with Crippen LogP contribution >= 0.6 is 0 Å². The van der Waals surface area contributed by atoms with Crippen molar-refractivity contribution < 1.29 is 128 Å². The zero-order valence-electron chi connectivity index (χ0n) is 46.5. The summed E-state index contributed by atoms with van der Waals surface area (Å²) in [6, 6.07) is 0. The van der Waals surface area contributed by atoms with Crippen molar-refractivity contribution >= 4 is 5.78 Å². The minimum absolute atomic E-state index is 0.0489. The van der Waals surface area contributed by atoms with E-state index in [1.807, 2.05) is 0 Å². The molecule has 7 saturated heterocycles. The Kier molecular flexibility index (Phi) is 17.9. The summed E-state index contributed by atoms with van der Waals surface area (Å²) in [5.74, 6) is 0.997. The SMILES string of the molecule is CC1CCC2(OC1)OC1CC3C4CCC5CC(OC6OC(CO)C(OC7OC(CO)C(O)C(OC8OCC(O)C(O)C8O)C7OC7OCC(O)C(O)C7O)C(O)C6OC6OC(C)C(O)C(O)C6O)CCC5(C)C4CC(=O)C3(C)C1C2C. The van der Waals surface area contributed by atoms with E-state index in [2.05, 4.69) is 27.7 Å². The number of Topliss-reactive ketones (excluding diaryl/α,β-unsaturated/α-hetero) is 1. The molecule has 81 heavy (non-hydrogen) atoms. The van der Waals surface area contributed by atoms with Crippen LogP contribution in [0.15, 0.2) is 0 Å². The third-order valence-electron chi connectivity index (χ3n) is 21.6. The Hall–Kier alpha value is -1.33. The zero-order chi connectivity index (χ0) is 57.9. The third-order valence-corrected chi connectivity index (χ3v) is 21.6. The molecule has 35 unspecified atom stereocenters. The fourth-order valence-electron chi connectivity index (χ4n) is 16.7. The van der Waals surface area contributed by atoms with E-state index in [-0.39, 0.29) is 41.1 Å². The molecule has 35 atom stereocenters. The molecule has 1 spiro atoms. The first-order valence-corrected chi connectivity index (χ1v) is 29.5. The number of carbonyl (C=O) groups is 1. The Morgan fingerprint density at radius 2 is 1.15 bits per heavy atom. The molecule has 0 amide bonds. The van der Waals surface area contributed by atoms with Gasteiger partial charge in [0.15, 0.2) is 37.2 Å². The second-order valence-corrected chi connectivity index (χ2v) is 26.1. The first-order chi connectivity index (χ1) is 38.4. The number of ether oxygens (including phenoxy) is 12. The Labute approximate surface area is 469 Å². The van der Waals surface area contributed by atoms with Gasteiger partial charge in [-0.05, 0) is 86.9 Å². The molecule has 11 aliphatic rings. The van der Waals surface area contributed by atoms with Gasteiger partial charge >= 0.3 is 0 Å². The first kappa shape index (κ1) is 61.3. The summed E-state index contributed by atoms with van der Waals surface area (Å²) in [6.07, 6.45) is -33.6. The smallest absolute Gasteiger partial charge is 0.187 e. The minimum Gasteiger partial charge on any atom is -0.394 e. The van der Waals surface area contributed by atoms with Crippen LogP contribution in [0.2, 0.25) is 0 Å². The number of ketones is 1. The number of fused-ring (bicyclic) bond motifs is 7. The van der Waals surface area contributed by atoms with Gasteiger partial charge < -0.3 is 123 Å². The number of aliphatic hydroxyl groups excluding tert-OH is 13. The molecule has 0 aromatic carbocycles. The molecule has 26 heteroatoms. The average molecular weight is 1170 g/mol. The molecular weight excluding hydrogens is 1080 g/mol. The lowest BCUT2D eigenvalue weighted by Gasteiger charge is -2.61. The molecule has 7 aliphatic heterocycles. The fourth-order valence-corrected chi connectivity index (χ4v) is 16.7. The minimum atomic E-state index is -1.95. The van der Waals surface area contributed by atoms with Crippen LogP contribution in [-0.4, -0.2) is 265 Å². The molecule has 26 nitrogen and oxygen atoms in total. The van der Waals surface area contributed by atoms with Crippen molar-refractivity contribution in [1.82, 2.24) is 0 Å². The predicted molar refractivity (Wildman–Crippen MR) is 268 cm³/mol. The van der Waals surface area contributed by atoms with Crippen LogP contribution in [0.1, 0.15) is 92.4 Å². The molecular formula is C55H88O26. The van der Waals surface area contributed by atoms with Crippen LogP contribution in [0.4, 0.5) is 0 Å². The van der Waals surface area contributed by atoms with Gasteiger partial charge in [0.25, 0.3) is 0 Å². The Balaban J connectivity index is 0.837. The normalized spacial score (nSPS) is 57.6. The number of aliphatic hydroxyl groups is 13. The van der Waals surface area contributed by atoms with Crippen LogP contribution in [0.3, 0.4) is 0 Å². The number of hydrogen-bond donors (Lipinski definition) is 13. The van der Waals surface area contributed by atoms with Gasteiger partial charge in [-0.3, -0.25) is 4.79 Å². The molecule has 464 valence electrons. The highest BCUT2D eigenvalue weighted by Crippen LogP contribution is 2.70. The van der Waals surface area contributed by atoms with Crippen molar-refractivity contribution in [3.8, 4) is 0 Å². The molecule has 0 radical (unpaired) electrons. The molecule has 11 fully saturated rings. The molecule has 0 aromatic rings. The topological polar surface area (TPSA) is 391 Å². The molecule has 13 N–H and O–H groups in total. The van der Waals surface area contributed by atoms with E-state index < -0.39 is 185 Å². The summed E-state index contributed by atoms with van der Waals surface area (Å²) in [7, 11) is 0. The number of rotatable bonds is 12. The monoisotopic (exact) mass is 1160 g/mol. The van der Waals surface area contributed by atoms with E-state index in [1.54, 1.807) is 0 Å². The molecule has 11 rings (SSSR count). The maximum Gasteiger partial charge on any atom is 0.187 e. The lowest BCUT2D eigenvalue weighted by Crippen LogP contribution is -2.68. The van der Waals surface area contributed by atoms with Crippen molar-refractivity contribution in [1.29, 1.82) is 0 Å². The Bertz CT molecular complexity index is 2160. The lowest BCUT2D eigenvalue weighted by molar-refractivity contribution is -0.408. The summed E-state index contributed by atoms with van der Waals surface area (Å²) in [4.78, 5) is 14.9. The highest BCUT2D eigenvalue weighted by atomic mass is 16.8. The first-order valence-electron chi connectivity index (χ1n) is 29.5. The van der Waals surface area contributed by atoms with Crippen molar-refractivity contribution in [2.24, 2.45) is 52.3 Å². The van der Waals surface area contributed by atoms with Crippen LogP contribution in [0, 0.1) is 52.3 Å². The lowest BCUT2D eigenvalue weighted by atomic mass is 9.44. The summed E-state index contributed by atoms with van der Waals surface area (Å²) in [6.45, 7) is 8.12. The van der Waals surface area contributed by atoms with E-state index in [9.17, 15) is 71.2 Å². The van der Waals surface area contributed by atoms with Crippen molar-refractivity contribution in [2.45, 2.75) is 252 Å². The molecule has 0 bridgehead atoms. The average Bonchev–Trinajstić information content (AvgIpc) is 3.61. The van der Waals surface area contributed by atoms with Crippen LogP contribution in [0.5, 0.6) is 0 Å². The summed E-state index contributed by atoms with van der Waals surface area (Å²) in [5.41, 5.74) is -0.751. The zero-order valence-corrected chi connectivity index (χ0v) is 46.5. The summed E-state index contributed by atoms with van der Waals surface area (Å²) >= 11 is 0.